The zero-order valence-corrected chi connectivity index (χ0v) is 10.1. The summed E-state index contributed by atoms with van der Waals surface area (Å²) in [6.07, 6.45) is 9.28. The molecule has 0 N–H and O–H groups in total. The Morgan fingerprint density at radius 3 is 2.35 bits per heavy atom. The number of ketones is 1. The lowest BCUT2D eigenvalue weighted by atomic mass is 9.56. The lowest BCUT2D eigenvalue weighted by molar-refractivity contribution is -0.125. The summed E-state index contributed by atoms with van der Waals surface area (Å²) >= 11 is 0. The Morgan fingerprint density at radius 2 is 1.71 bits per heavy atom. The summed E-state index contributed by atoms with van der Waals surface area (Å²) in [7, 11) is 0. The van der Waals surface area contributed by atoms with E-state index in [4.69, 9.17) is 0 Å². The van der Waals surface area contributed by atoms with Gasteiger partial charge in [0.25, 0.3) is 0 Å². The molecular formula is C16H18O. The lowest BCUT2D eigenvalue weighted by Gasteiger charge is -2.46. The van der Waals surface area contributed by atoms with Crippen LogP contribution < -0.4 is 0 Å². The molecular weight excluding hydrogens is 208 g/mol. The first-order valence-corrected chi connectivity index (χ1v) is 6.61. The van der Waals surface area contributed by atoms with Crippen LogP contribution in [-0.2, 0) is 4.79 Å². The van der Waals surface area contributed by atoms with Gasteiger partial charge < -0.3 is 0 Å². The van der Waals surface area contributed by atoms with Crippen molar-refractivity contribution in [1.29, 1.82) is 0 Å². The highest BCUT2D eigenvalue weighted by Crippen LogP contribution is 2.53. The van der Waals surface area contributed by atoms with Crippen LogP contribution in [0.2, 0.25) is 0 Å². The predicted octanol–water partition coefficient (Wildman–Crippen LogP) is 3.99. The summed E-state index contributed by atoms with van der Waals surface area (Å²) < 4.78 is 0. The minimum Gasteiger partial charge on any atom is -0.294 e. The van der Waals surface area contributed by atoms with E-state index < -0.39 is 0 Å². The van der Waals surface area contributed by atoms with Gasteiger partial charge in [0, 0.05) is 17.4 Å². The number of allylic oxidation sites excluding steroid dienone is 1. The van der Waals surface area contributed by atoms with Gasteiger partial charge in [-0.2, -0.15) is 0 Å². The van der Waals surface area contributed by atoms with Crippen molar-refractivity contribution in [2.75, 3.05) is 0 Å². The summed E-state index contributed by atoms with van der Waals surface area (Å²) in [4.78, 5) is 11.8. The first-order valence-electron chi connectivity index (χ1n) is 6.61. The van der Waals surface area contributed by atoms with Crippen LogP contribution in [0.25, 0.3) is 6.08 Å². The Kier molecular flexibility index (Phi) is 2.62. The molecule has 0 unspecified atom stereocenters. The summed E-state index contributed by atoms with van der Waals surface area (Å²) in [5.41, 5.74) is 2.52. The van der Waals surface area contributed by atoms with Gasteiger partial charge in [-0.3, -0.25) is 4.79 Å². The highest BCUT2D eigenvalue weighted by Gasteiger charge is 2.48. The van der Waals surface area contributed by atoms with Crippen LogP contribution in [0.15, 0.2) is 35.9 Å². The quantitative estimate of drug-likeness (QED) is 0.662. The van der Waals surface area contributed by atoms with Gasteiger partial charge in [0.1, 0.15) is 0 Å². The number of carbonyl (C=O) groups excluding carboxylic acids is 1. The smallest absolute Gasteiger partial charge is 0.160 e. The second kappa shape index (κ2) is 4.14. The summed E-state index contributed by atoms with van der Waals surface area (Å²) in [6.45, 7) is 0. The van der Waals surface area contributed by atoms with E-state index in [-0.39, 0.29) is 5.41 Å². The van der Waals surface area contributed by atoms with Crippen molar-refractivity contribution in [3.63, 3.8) is 0 Å². The lowest BCUT2D eigenvalue weighted by Crippen LogP contribution is -2.42. The molecule has 0 aromatic heterocycles. The SMILES string of the molecule is O=C1CC2(CCCCC2)/C1=C\c1ccccc1. The fraction of sp³-hybridized carbons (Fsp3) is 0.438. The number of hydrogen-bond donors (Lipinski definition) is 0. The maximum absolute atomic E-state index is 11.8. The van der Waals surface area contributed by atoms with Crippen LogP contribution in [0.1, 0.15) is 44.1 Å². The zero-order chi connectivity index (χ0) is 11.7. The van der Waals surface area contributed by atoms with Gasteiger partial charge in [-0.05, 0) is 24.5 Å². The molecule has 1 heteroatoms. The first-order chi connectivity index (χ1) is 8.30. The van der Waals surface area contributed by atoms with E-state index in [1.807, 2.05) is 18.2 Å². The number of benzene rings is 1. The maximum atomic E-state index is 11.8. The van der Waals surface area contributed by atoms with Gasteiger partial charge in [0.2, 0.25) is 0 Å². The fourth-order valence-electron chi connectivity index (χ4n) is 3.31. The van der Waals surface area contributed by atoms with E-state index in [1.165, 1.54) is 37.7 Å². The average Bonchev–Trinajstić information content (AvgIpc) is 2.39. The third kappa shape index (κ3) is 1.84. The van der Waals surface area contributed by atoms with Gasteiger partial charge in [0.05, 0.1) is 0 Å². The standard InChI is InChI=1S/C16H18O/c17-15-12-16(9-5-2-6-10-16)14(15)11-13-7-3-1-4-8-13/h1,3-4,7-8,11H,2,5-6,9-10,12H2/b14-11-. The number of rotatable bonds is 1. The summed E-state index contributed by atoms with van der Waals surface area (Å²) in [6, 6.07) is 10.2. The van der Waals surface area contributed by atoms with Crippen LogP contribution in [0, 0.1) is 5.41 Å². The molecule has 1 nitrogen and oxygen atoms in total. The van der Waals surface area contributed by atoms with Crippen LogP contribution >= 0.6 is 0 Å². The minimum atomic E-state index is 0.255. The predicted molar refractivity (Wildman–Crippen MR) is 69.6 cm³/mol. The number of Topliss-reactive ketones (excluding diaryl/α,β-unsaturated/α-hetero) is 1. The molecule has 88 valence electrons. The highest BCUT2D eigenvalue weighted by molar-refractivity contribution is 6.08. The fourth-order valence-corrected chi connectivity index (χ4v) is 3.31. The van der Waals surface area contributed by atoms with E-state index in [1.54, 1.807) is 0 Å². The normalized spacial score (nSPS) is 24.9. The Bertz CT molecular complexity index is 450. The van der Waals surface area contributed by atoms with Gasteiger partial charge >= 0.3 is 0 Å². The molecule has 0 bridgehead atoms. The van der Waals surface area contributed by atoms with Crippen molar-refractivity contribution in [1.82, 2.24) is 0 Å². The Hall–Kier alpha value is -1.37. The highest BCUT2D eigenvalue weighted by atomic mass is 16.1. The van der Waals surface area contributed by atoms with Crippen LogP contribution in [0.4, 0.5) is 0 Å². The van der Waals surface area contributed by atoms with E-state index >= 15 is 0 Å². The molecule has 1 aromatic rings. The second-order valence-electron chi connectivity index (χ2n) is 5.41. The van der Waals surface area contributed by atoms with E-state index in [0.717, 1.165) is 12.0 Å². The molecule has 1 aromatic carbocycles. The van der Waals surface area contributed by atoms with E-state index in [2.05, 4.69) is 18.2 Å². The van der Waals surface area contributed by atoms with Crippen molar-refractivity contribution in [3.8, 4) is 0 Å². The van der Waals surface area contributed by atoms with E-state index in [9.17, 15) is 4.79 Å². The van der Waals surface area contributed by atoms with Gasteiger partial charge in [0.15, 0.2) is 5.78 Å². The molecule has 2 aliphatic carbocycles. The molecule has 0 amide bonds. The van der Waals surface area contributed by atoms with Gasteiger partial charge in [-0.1, -0.05) is 49.6 Å². The molecule has 3 rings (SSSR count). The molecule has 2 fully saturated rings. The number of carbonyl (C=O) groups is 1. The van der Waals surface area contributed by atoms with Crippen molar-refractivity contribution < 1.29 is 4.79 Å². The van der Waals surface area contributed by atoms with Gasteiger partial charge in [-0.15, -0.1) is 0 Å². The van der Waals surface area contributed by atoms with Crippen molar-refractivity contribution >= 4 is 11.9 Å². The molecule has 0 saturated heterocycles. The van der Waals surface area contributed by atoms with Crippen LogP contribution in [-0.4, -0.2) is 5.78 Å². The monoisotopic (exact) mass is 226 g/mol. The molecule has 0 radical (unpaired) electrons. The van der Waals surface area contributed by atoms with Crippen molar-refractivity contribution in [3.05, 3.63) is 41.5 Å². The van der Waals surface area contributed by atoms with E-state index in [0.29, 0.717) is 5.78 Å². The minimum absolute atomic E-state index is 0.255. The molecule has 2 aliphatic rings. The van der Waals surface area contributed by atoms with Crippen molar-refractivity contribution in [2.24, 2.45) is 5.41 Å². The van der Waals surface area contributed by atoms with Gasteiger partial charge in [-0.25, -0.2) is 0 Å². The topological polar surface area (TPSA) is 17.1 Å². The Balaban J connectivity index is 1.90. The largest absolute Gasteiger partial charge is 0.294 e. The zero-order valence-electron chi connectivity index (χ0n) is 10.1. The third-order valence-corrected chi connectivity index (χ3v) is 4.29. The molecule has 2 saturated carbocycles. The first kappa shape index (κ1) is 10.8. The molecule has 0 atom stereocenters. The molecule has 0 heterocycles. The van der Waals surface area contributed by atoms with Crippen molar-refractivity contribution in [2.45, 2.75) is 38.5 Å². The Morgan fingerprint density at radius 1 is 1.00 bits per heavy atom. The molecule has 0 aliphatic heterocycles. The van der Waals surface area contributed by atoms with Crippen LogP contribution in [0.3, 0.4) is 0 Å². The summed E-state index contributed by atoms with van der Waals surface area (Å²) in [5, 5.41) is 0. The third-order valence-electron chi connectivity index (χ3n) is 4.29. The maximum Gasteiger partial charge on any atom is 0.160 e. The number of hydrogen-bond acceptors (Lipinski definition) is 1. The average molecular weight is 226 g/mol. The molecule has 17 heavy (non-hydrogen) atoms. The Labute approximate surface area is 103 Å². The molecule has 1 spiro atoms. The van der Waals surface area contributed by atoms with Crippen LogP contribution in [0.5, 0.6) is 0 Å². The second-order valence-corrected chi connectivity index (χ2v) is 5.41. The summed E-state index contributed by atoms with van der Waals surface area (Å²) in [5.74, 6) is 0.371.